The van der Waals surface area contributed by atoms with Gasteiger partial charge in [0.05, 0.1) is 23.5 Å². The summed E-state index contributed by atoms with van der Waals surface area (Å²) in [5.74, 6) is -0.116. The zero-order valence-corrected chi connectivity index (χ0v) is 19.6. The van der Waals surface area contributed by atoms with Crippen LogP contribution in [0.15, 0.2) is 73.1 Å². The molecule has 7 nitrogen and oxygen atoms in total. The minimum absolute atomic E-state index is 0.0747. The van der Waals surface area contributed by atoms with Crippen molar-refractivity contribution in [2.45, 2.75) is 63.3 Å². The van der Waals surface area contributed by atoms with Gasteiger partial charge in [0, 0.05) is 18.3 Å². The first kappa shape index (κ1) is 22.2. The van der Waals surface area contributed by atoms with Crippen molar-refractivity contribution in [2.75, 3.05) is 0 Å². The summed E-state index contributed by atoms with van der Waals surface area (Å²) in [6.07, 6.45) is 6.37. The molecule has 2 fully saturated rings. The summed E-state index contributed by atoms with van der Waals surface area (Å²) in [6, 6.07) is 19.9. The first-order valence-corrected chi connectivity index (χ1v) is 11.9. The largest absolute Gasteiger partial charge is 0.441 e. The smallest absolute Gasteiger partial charge is 0.411 e. The van der Waals surface area contributed by atoms with Crippen molar-refractivity contribution in [3.8, 4) is 5.69 Å². The number of hydrogen-bond donors (Lipinski definition) is 1. The molecule has 1 saturated carbocycles. The molecule has 0 unspecified atom stereocenters. The predicted octanol–water partition coefficient (Wildman–Crippen LogP) is 4.89. The molecule has 2 amide bonds. The lowest BCUT2D eigenvalue weighted by atomic mass is 9.86. The molecular weight excluding hydrogens is 428 g/mol. The van der Waals surface area contributed by atoms with E-state index in [9.17, 15) is 9.59 Å². The van der Waals surface area contributed by atoms with E-state index in [-0.39, 0.29) is 30.1 Å². The van der Waals surface area contributed by atoms with Crippen molar-refractivity contribution in [1.82, 2.24) is 20.0 Å². The third-order valence-electron chi connectivity index (χ3n) is 6.90. The zero-order chi connectivity index (χ0) is 23.7. The van der Waals surface area contributed by atoms with Gasteiger partial charge in [0.1, 0.15) is 5.60 Å². The van der Waals surface area contributed by atoms with E-state index in [0.29, 0.717) is 5.56 Å². The number of ether oxygens (including phenoxy) is 1. The SMILES string of the molecule is CC1(C)OC(=O)N([C@H]2CC[C@H](NC(=O)c3cnn(-c4ccccc4)c3)CC2)[C@H]1c1ccccc1. The molecule has 7 heteroatoms. The van der Waals surface area contributed by atoms with Gasteiger partial charge >= 0.3 is 6.09 Å². The van der Waals surface area contributed by atoms with Gasteiger partial charge in [0.15, 0.2) is 0 Å². The number of rotatable bonds is 5. The fourth-order valence-electron chi connectivity index (χ4n) is 5.26. The van der Waals surface area contributed by atoms with Crippen LogP contribution in [0.4, 0.5) is 4.79 Å². The zero-order valence-electron chi connectivity index (χ0n) is 19.6. The molecule has 2 aliphatic rings. The minimum Gasteiger partial charge on any atom is -0.441 e. The Hall–Kier alpha value is -3.61. The number of benzene rings is 2. The number of carbonyl (C=O) groups excluding carboxylic acids is 2. The number of nitrogens with one attached hydrogen (secondary N) is 1. The molecule has 1 atom stereocenters. The van der Waals surface area contributed by atoms with Crippen LogP contribution in [0.25, 0.3) is 5.69 Å². The summed E-state index contributed by atoms with van der Waals surface area (Å²) in [4.78, 5) is 27.6. The van der Waals surface area contributed by atoms with E-state index in [1.165, 1.54) is 0 Å². The highest BCUT2D eigenvalue weighted by atomic mass is 16.6. The molecule has 1 saturated heterocycles. The molecule has 3 aromatic rings. The fraction of sp³-hybridized carbons (Fsp3) is 0.370. The van der Waals surface area contributed by atoms with E-state index >= 15 is 0 Å². The molecule has 2 heterocycles. The molecule has 1 N–H and O–H groups in total. The summed E-state index contributed by atoms with van der Waals surface area (Å²) in [6.45, 7) is 3.95. The molecule has 2 aromatic carbocycles. The van der Waals surface area contributed by atoms with Crippen molar-refractivity contribution >= 4 is 12.0 Å². The summed E-state index contributed by atoms with van der Waals surface area (Å²) in [5.41, 5.74) is 1.95. The number of para-hydroxylation sites is 1. The Kier molecular flexibility index (Phi) is 5.86. The van der Waals surface area contributed by atoms with E-state index in [0.717, 1.165) is 36.9 Å². The van der Waals surface area contributed by atoms with Crippen molar-refractivity contribution in [1.29, 1.82) is 0 Å². The molecule has 1 aliphatic carbocycles. The lowest BCUT2D eigenvalue weighted by Crippen LogP contribution is -2.46. The number of aromatic nitrogens is 2. The summed E-state index contributed by atoms with van der Waals surface area (Å²) in [7, 11) is 0. The molecular formula is C27H30N4O3. The lowest BCUT2D eigenvalue weighted by molar-refractivity contribution is 0.0663. The highest BCUT2D eigenvalue weighted by molar-refractivity contribution is 5.94. The van der Waals surface area contributed by atoms with E-state index in [4.69, 9.17) is 4.74 Å². The first-order chi connectivity index (χ1) is 16.4. The minimum atomic E-state index is -0.595. The van der Waals surface area contributed by atoms with Crippen LogP contribution in [0.1, 0.15) is 61.5 Å². The Morgan fingerprint density at radius 2 is 1.65 bits per heavy atom. The van der Waals surface area contributed by atoms with E-state index in [2.05, 4.69) is 22.5 Å². The maximum absolute atomic E-state index is 12.9. The maximum Gasteiger partial charge on any atom is 0.411 e. The quantitative estimate of drug-likeness (QED) is 0.591. The van der Waals surface area contributed by atoms with Crippen LogP contribution in [0.2, 0.25) is 0 Å². The Labute approximate surface area is 199 Å². The molecule has 176 valence electrons. The Morgan fingerprint density at radius 3 is 2.32 bits per heavy atom. The number of hydrogen-bond acceptors (Lipinski definition) is 4. The van der Waals surface area contributed by atoms with Gasteiger partial charge in [-0.1, -0.05) is 48.5 Å². The van der Waals surface area contributed by atoms with Gasteiger partial charge in [-0.3, -0.25) is 9.69 Å². The van der Waals surface area contributed by atoms with Crippen LogP contribution in [-0.4, -0.2) is 44.4 Å². The van der Waals surface area contributed by atoms with Gasteiger partial charge in [-0.2, -0.15) is 5.10 Å². The van der Waals surface area contributed by atoms with Crippen molar-refractivity contribution in [3.05, 3.63) is 84.2 Å². The average molecular weight is 459 g/mol. The predicted molar refractivity (Wildman–Crippen MR) is 129 cm³/mol. The molecule has 1 aliphatic heterocycles. The topological polar surface area (TPSA) is 76.5 Å². The van der Waals surface area contributed by atoms with Gasteiger partial charge in [0.2, 0.25) is 0 Å². The standard InChI is InChI=1S/C27H30N4O3/c1-27(2)24(19-9-5-3-6-10-19)31(26(33)34-27)23-15-13-21(14-16-23)29-25(32)20-17-28-30(18-20)22-11-7-4-8-12-22/h3-12,17-18,21,23-24H,13-16H2,1-2H3,(H,29,32)/t21-,23-,24-/m0/s1. The van der Waals surface area contributed by atoms with Gasteiger partial charge in [-0.15, -0.1) is 0 Å². The molecule has 0 bridgehead atoms. The average Bonchev–Trinajstić information content (AvgIpc) is 3.43. The third-order valence-corrected chi connectivity index (χ3v) is 6.90. The van der Waals surface area contributed by atoms with E-state index < -0.39 is 5.60 Å². The van der Waals surface area contributed by atoms with Crippen LogP contribution in [0.5, 0.6) is 0 Å². The molecule has 1 aromatic heterocycles. The number of amides is 2. The summed E-state index contributed by atoms with van der Waals surface area (Å²) >= 11 is 0. The van der Waals surface area contributed by atoms with Gasteiger partial charge < -0.3 is 10.1 Å². The maximum atomic E-state index is 12.9. The molecule has 0 spiro atoms. The van der Waals surface area contributed by atoms with Gasteiger partial charge in [-0.25, -0.2) is 9.48 Å². The summed E-state index contributed by atoms with van der Waals surface area (Å²) < 4.78 is 7.48. The second kappa shape index (κ2) is 8.97. The summed E-state index contributed by atoms with van der Waals surface area (Å²) in [5, 5.41) is 7.48. The molecule has 0 radical (unpaired) electrons. The normalized spacial score (nSPS) is 24.0. The highest BCUT2D eigenvalue weighted by Gasteiger charge is 2.51. The monoisotopic (exact) mass is 458 g/mol. The van der Waals surface area contributed by atoms with Crippen LogP contribution >= 0.6 is 0 Å². The van der Waals surface area contributed by atoms with E-state index in [1.54, 1.807) is 17.1 Å². The fourth-order valence-corrected chi connectivity index (χ4v) is 5.26. The molecule has 5 rings (SSSR count). The number of carbonyl (C=O) groups is 2. The van der Waals surface area contributed by atoms with Crippen molar-refractivity contribution < 1.29 is 14.3 Å². The Bertz CT molecular complexity index is 1150. The van der Waals surface area contributed by atoms with Crippen molar-refractivity contribution in [2.24, 2.45) is 0 Å². The second-order valence-corrected chi connectivity index (χ2v) is 9.68. The third kappa shape index (κ3) is 4.30. The van der Waals surface area contributed by atoms with Crippen LogP contribution < -0.4 is 5.32 Å². The lowest BCUT2D eigenvalue weighted by Gasteiger charge is -2.38. The highest BCUT2D eigenvalue weighted by Crippen LogP contribution is 2.44. The Balaban J connectivity index is 1.22. The van der Waals surface area contributed by atoms with Gasteiger partial charge in [0.25, 0.3) is 5.91 Å². The van der Waals surface area contributed by atoms with Crippen molar-refractivity contribution in [3.63, 3.8) is 0 Å². The van der Waals surface area contributed by atoms with Crippen LogP contribution in [-0.2, 0) is 4.74 Å². The van der Waals surface area contributed by atoms with E-state index in [1.807, 2.05) is 67.3 Å². The van der Waals surface area contributed by atoms with Crippen LogP contribution in [0.3, 0.4) is 0 Å². The number of nitrogens with zero attached hydrogens (tertiary/aromatic N) is 3. The first-order valence-electron chi connectivity index (χ1n) is 11.9. The number of cyclic esters (lactones) is 1. The molecule has 34 heavy (non-hydrogen) atoms. The second-order valence-electron chi connectivity index (χ2n) is 9.68. The van der Waals surface area contributed by atoms with Gasteiger partial charge in [-0.05, 0) is 57.2 Å². The Morgan fingerprint density at radius 1 is 1.00 bits per heavy atom. The van der Waals surface area contributed by atoms with Crippen LogP contribution in [0, 0.1) is 0 Å².